The molecule has 0 amide bonds. The Hall–Kier alpha value is -0.220. The Kier molecular flexibility index (Phi) is 2.52. The van der Waals surface area contributed by atoms with Crippen molar-refractivity contribution in [2.75, 3.05) is 17.8 Å². The summed E-state index contributed by atoms with van der Waals surface area (Å²) in [4.78, 5) is 10.9. The van der Waals surface area contributed by atoms with Crippen LogP contribution in [0.4, 0.5) is 0 Å². The van der Waals surface area contributed by atoms with E-state index in [9.17, 15) is 9.35 Å². The third-order valence-electron chi connectivity index (χ3n) is 3.44. The van der Waals surface area contributed by atoms with Gasteiger partial charge in [0, 0.05) is 11.5 Å². The van der Waals surface area contributed by atoms with Crippen molar-refractivity contribution in [3.63, 3.8) is 0 Å². The molecule has 0 radical (unpaired) electrons. The second-order valence-electron chi connectivity index (χ2n) is 5.03. The van der Waals surface area contributed by atoms with Gasteiger partial charge in [-0.15, -0.1) is 10.3 Å². The molecule has 2 N–H and O–H groups in total. The molecule has 0 aromatic rings. The van der Waals surface area contributed by atoms with Gasteiger partial charge in [0.15, 0.2) is 0 Å². The summed E-state index contributed by atoms with van der Waals surface area (Å²) in [5, 5.41) is 8.97. The van der Waals surface area contributed by atoms with Crippen molar-refractivity contribution in [3.05, 3.63) is 0 Å². The summed E-state index contributed by atoms with van der Waals surface area (Å²) < 4.78 is 10.0. The SMILES string of the molecule is CS1(O)CC2CC(CC(C(=O)O)C2)C1. The summed E-state index contributed by atoms with van der Waals surface area (Å²) in [7, 11) is -1.38. The van der Waals surface area contributed by atoms with Gasteiger partial charge >= 0.3 is 5.97 Å². The monoisotopic (exact) mass is 218 g/mol. The Morgan fingerprint density at radius 3 is 2.14 bits per heavy atom. The van der Waals surface area contributed by atoms with Gasteiger partial charge in [0.1, 0.15) is 0 Å². The van der Waals surface area contributed by atoms with Crippen LogP contribution < -0.4 is 0 Å². The van der Waals surface area contributed by atoms with Gasteiger partial charge in [-0.1, -0.05) is 0 Å². The standard InChI is InChI=1S/C10H18O3S/c1-14(13)5-7-2-8(6-14)4-9(3-7)10(11)12/h7-9,13H,2-6H2,1H3,(H,11,12). The fourth-order valence-corrected chi connectivity index (χ4v) is 5.83. The van der Waals surface area contributed by atoms with Gasteiger partial charge in [-0.25, -0.2) is 0 Å². The average Bonchev–Trinajstić information content (AvgIpc) is 1.99. The first-order chi connectivity index (χ1) is 6.46. The molecule has 2 aliphatic rings. The largest absolute Gasteiger partial charge is 0.481 e. The van der Waals surface area contributed by atoms with Gasteiger partial charge < -0.3 is 9.66 Å². The normalized spacial score (nSPS) is 52.0. The van der Waals surface area contributed by atoms with Crippen LogP contribution in [0.25, 0.3) is 0 Å². The van der Waals surface area contributed by atoms with E-state index in [0.717, 1.165) is 30.8 Å². The highest BCUT2D eigenvalue weighted by Crippen LogP contribution is 2.54. The van der Waals surface area contributed by atoms with E-state index in [1.807, 2.05) is 6.26 Å². The Morgan fingerprint density at radius 2 is 1.71 bits per heavy atom. The fraction of sp³-hybridized carbons (Fsp3) is 0.900. The van der Waals surface area contributed by atoms with E-state index in [0.29, 0.717) is 11.8 Å². The third kappa shape index (κ3) is 2.06. The maximum Gasteiger partial charge on any atom is 0.306 e. The predicted octanol–water partition coefficient (Wildman–Crippen LogP) is 2.02. The van der Waals surface area contributed by atoms with Crippen LogP contribution >= 0.6 is 10.3 Å². The molecule has 0 spiro atoms. The highest BCUT2D eigenvalue weighted by Gasteiger charge is 2.40. The van der Waals surface area contributed by atoms with E-state index < -0.39 is 16.3 Å². The zero-order chi connectivity index (χ0) is 10.3. The van der Waals surface area contributed by atoms with Crippen LogP contribution in [0.3, 0.4) is 0 Å². The Labute approximate surface area is 86.0 Å². The van der Waals surface area contributed by atoms with Gasteiger partial charge in [-0.3, -0.25) is 4.79 Å². The molecule has 2 unspecified atom stereocenters. The summed E-state index contributed by atoms with van der Waals surface area (Å²) in [6.45, 7) is 0. The number of fused-ring (bicyclic) bond motifs is 2. The number of carboxylic acids is 1. The van der Waals surface area contributed by atoms with Gasteiger partial charge in [0.05, 0.1) is 5.92 Å². The van der Waals surface area contributed by atoms with Crippen LogP contribution in [0.2, 0.25) is 0 Å². The zero-order valence-electron chi connectivity index (χ0n) is 8.48. The van der Waals surface area contributed by atoms with Crippen molar-refractivity contribution < 1.29 is 14.5 Å². The van der Waals surface area contributed by atoms with Crippen molar-refractivity contribution >= 4 is 16.3 Å². The van der Waals surface area contributed by atoms with E-state index in [1.54, 1.807) is 0 Å². The minimum absolute atomic E-state index is 0.144. The first kappa shape index (κ1) is 10.3. The quantitative estimate of drug-likeness (QED) is 0.708. The lowest BCUT2D eigenvalue weighted by molar-refractivity contribution is -0.143. The number of hydrogen-bond acceptors (Lipinski definition) is 2. The second-order valence-corrected chi connectivity index (χ2v) is 8.14. The van der Waals surface area contributed by atoms with Crippen LogP contribution in [-0.4, -0.2) is 33.4 Å². The van der Waals surface area contributed by atoms with E-state index in [2.05, 4.69) is 0 Å². The van der Waals surface area contributed by atoms with Crippen molar-refractivity contribution in [2.45, 2.75) is 19.3 Å². The lowest BCUT2D eigenvalue weighted by Crippen LogP contribution is -2.38. The average molecular weight is 218 g/mol. The van der Waals surface area contributed by atoms with E-state index in [4.69, 9.17) is 5.11 Å². The number of rotatable bonds is 1. The molecular weight excluding hydrogens is 200 g/mol. The van der Waals surface area contributed by atoms with Crippen LogP contribution in [-0.2, 0) is 4.79 Å². The van der Waals surface area contributed by atoms with Crippen molar-refractivity contribution in [1.29, 1.82) is 0 Å². The molecule has 4 heteroatoms. The van der Waals surface area contributed by atoms with Gasteiger partial charge in [0.2, 0.25) is 0 Å². The van der Waals surface area contributed by atoms with Crippen LogP contribution in [0, 0.1) is 17.8 Å². The summed E-state index contributed by atoms with van der Waals surface area (Å²) in [6, 6.07) is 0. The first-order valence-electron chi connectivity index (χ1n) is 5.15. The molecule has 3 nitrogen and oxygen atoms in total. The van der Waals surface area contributed by atoms with E-state index >= 15 is 0 Å². The van der Waals surface area contributed by atoms with Crippen molar-refractivity contribution in [1.82, 2.24) is 0 Å². The second kappa shape index (κ2) is 3.42. The minimum Gasteiger partial charge on any atom is -0.481 e. The lowest BCUT2D eigenvalue weighted by Gasteiger charge is -2.47. The smallest absolute Gasteiger partial charge is 0.306 e. The number of aliphatic carboxylic acids is 1. The number of carboxylic acid groups (broad SMARTS) is 1. The highest BCUT2D eigenvalue weighted by atomic mass is 32.3. The summed E-state index contributed by atoms with van der Waals surface area (Å²) in [6.07, 6.45) is 4.68. The van der Waals surface area contributed by atoms with Gasteiger partial charge in [0.25, 0.3) is 0 Å². The summed E-state index contributed by atoms with van der Waals surface area (Å²) in [5.41, 5.74) is 0. The Balaban J connectivity index is 2.06. The lowest BCUT2D eigenvalue weighted by atomic mass is 9.76. The molecule has 2 fully saturated rings. The highest BCUT2D eigenvalue weighted by molar-refractivity contribution is 8.28. The minimum atomic E-state index is -1.38. The zero-order valence-corrected chi connectivity index (χ0v) is 9.30. The Morgan fingerprint density at radius 1 is 1.21 bits per heavy atom. The molecule has 1 saturated carbocycles. The van der Waals surface area contributed by atoms with Gasteiger partial charge in [-0.2, -0.15) is 0 Å². The molecule has 1 saturated heterocycles. The van der Waals surface area contributed by atoms with E-state index in [1.165, 1.54) is 0 Å². The number of hydrogen-bond donors (Lipinski definition) is 2. The molecule has 82 valence electrons. The molecule has 2 bridgehead atoms. The van der Waals surface area contributed by atoms with Crippen molar-refractivity contribution in [3.8, 4) is 0 Å². The van der Waals surface area contributed by atoms with Crippen LogP contribution in [0.5, 0.6) is 0 Å². The maximum absolute atomic E-state index is 10.9. The molecule has 1 aliphatic heterocycles. The van der Waals surface area contributed by atoms with Crippen LogP contribution in [0.1, 0.15) is 19.3 Å². The Bertz CT molecular complexity index is 236. The molecular formula is C10H18O3S. The first-order valence-corrected chi connectivity index (χ1v) is 7.49. The van der Waals surface area contributed by atoms with E-state index in [-0.39, 0.29) is 5.92 Å². The summed E-state index contributed by atoms with van der Waals surface area (Å²) in [5.74, 6) is 1.88. The van der Waals surface area contributed by atoms with Crippen molar-refractivity contribution in [2.24, 2.45) is 17.8 Å². The molecule has 2 rings (SSSR count). The predicted molar refractivity (Wildman–Crippen MR) is 57.8 cm³/mol. The molecule has 1 aliphatic carbocycles. The topological polar surface area (TPSA) is 57.5 Å². The summed E-state index contributed by atoms with van der Waals surface area (Å²) >= 11 is 0. The van der Waals surface area contributed by atoms with Gasteiger partial charge in [-0.05, 0) is 37.4 Å². The fourth-order valence-electron chi connectivity index (χ4n) is 3.12. The van der Waals surface area contributed by atoms with Crippen LogP contribution in [0.15, 0.2) is 0 Å². The maximum atomic E-state index is 10.9. The third-order valence-corrected chi connectivity index (χ3v) is 5.82. The molecule has 0 aromatic heterocycles. The molecule has 0 aromatic carbocycles. The number of carbonyl (C=O) groups is 1. The molecule has 1 heterocycles. The molecule has 2 atom stereocenters. The molecule has 14 heavy (non-hydrogen) atoms.